The van der Waals surface area contributed by atoms with Gasteiger partial charge in [-0.15, -0.1) is 0 Å². The van der Waals surface area contributed by atoms with Crippen LogP contribution >= 0.6 is 0 Å². The maximum absolute atomic E-state index is 13.4. The number of unbranched alkanes of at least 4 members (excludes halogenated alkanes) is 21. The Labute approximate surface area is 442 Å². The first-order valence-electron chi connectivity index (χ1n) is 30.6. The molecular formula is C62H112N2O8. The van der Waals surface area contributed by atoms with Crippen LogP contribution in [0.2, 0.25) is 0 Å². The number of ether oxygens (including phenoxy) is 5. The van der Waals surface area contributed by atoms with Crippen molar-refractivity contribution in [3.8, 4) is 0 Å². The minimum Gasteiger partial charge on any atom is -0.461 e. The first-order valence-corrected chi connectivity index (χ1v) is 30.6. The summed E-state index contributed by atoms with van der Waals surface area (Å²) < 4.78 is 30.2. The second-order valence-corrected chi connectivity index (χ2v) is 21.4. The van der Waals surface area contributed by atoms with Crippen LogP contribution in [-0.2, 0) is 52.9 Å². The number of likely N-dealkylation sites (tertiary alicyclic amines) is 1. The van der Waals surface area contributed by atoms with Crippen molar-refractivity contribution < 1.29 is 38.1 Å². The van der Waals surface area contributed by atoms with Crippen LogP contribution in [0.25, 0.3) is 0 Å². The molecule has 0 saturated carbocycles. The lowest BCUT2D eigenvalue weighted by Crippen LogP contribution is -2.35. The second kappa shape index (κ2) is 46.8. The Hall–Kier alpha value is -2.69. The number of benzene rings is 1. The molecule has 1 heterocycles. The summed E-state index contributed by atoms with van der Waals surface area (Å²) in [5.74, 6) is 0.116. The molecule has 1 aliphatic heterocycles. The van der Waals surface area contributed by atoms with Crippen LogP contribution in [0.5, 0.6) is 0 Å². The number of esters is 2. The molecule has 0 radical (unpaired) electrons. The number of amides is 1. The first kappa shape index (κ1) is 65.4. The molecule has 2 rings (SSSR count). The van der Waals surface area contributed by atoms with Crippen molar-refractivity contribution in [3.05, 3.63) is 34.9 Å². The highest BCUT2D eigenvalue weighted by atomic mass is 16.7. The van der Waals surface area contributed by atoms with Crippen molar-refractivity contribution >= 4 is 18.0 Å². The van der Waals surface area contributed by atoms with E-state index in [0.717, 1.165) is 101 Å². The quantitative estimate of drug-likeness (QED) is 0.0295. The number of carbonyl (C=O) groups excluding carboxylic acids is 3. The van der Waals surface area contributed by atoms with Crippen LogP contribution in [0.4, 0.5) is 4.79 Å². The maximum Gasteiger partial charge on any atom is 0.407 e. The zero-order chi connectivity index (χ0) is 52.0. The van der Waals surface area contributed by atoms with Crippen LogP contribution < -0.4 is 5.32 Å². The fourth-order valence-electron chi connectivity index (χ4n) is 10.00. The Morgan fingerprint density at radius 1 is 0.500 bits per heavy atom. The molecule has 1 aliphatic rings. The summed E-state index contributed by atoms with van der Waals surface area (Å²) in [5.41, 5.74) is 3.01. The van der Waals surface area contributed by atoms with Crippen molar-refractivity contribution in [1.82, 2.24) is 10.2 Å². The van der Waals surface area contributed by atoms with E-state index in [1.807, 2.05) is 6.07 Å². The standard InChI is InChI=1S/C62H112N2O8/c1-6-11-16-21-24-28-35-54(34-27-19-14-9-4)37-38-55-49-56(52-70-59(65)40-39-58(36-29-20-15-10-5)72-62(67)63-43-46-64-44-30-31-45-64)51-57(50-55)53-71-60(66)41-42-61(68-47-32-25-22-17-12-7-2)69-48-33-26-23-18-13-8-3/h49-51,54,58,61H,6-48,52-53H2,1-5H3,(H,63,67). The van der Waals surface area contributed by atoms with Crippen molar-refractivity contribution in [2.45, 2.75) is 298 Å². The van der Waals surface area contributed by atoms with Crippen molar-refractivity contribution in [2.24, 2.45) is 5.92 Å². The lowest BCUT2D eigenvalue weighted by molar-refractivity contribution is -0.160. The molecule has 1 saturated heterocycles. The van der Waals surface area contributed by atoms with E-state index in [2.05, 4.69) is 57.0 Å². The van der Waals surface area contributed by atoms with Gasteiger partial charge in [-0.25, -0.2) is 4.79 Å². The predicted molar refractivity (Wildman–Crippen MR) is 298 cm³/mol. The highest BCUT2D eigenvalue weighted by molar-refractivity contribution is 5.70. The van der Waals surface area contributed by atoms with E-state index < -0.39 is 12.4 Å². The summed E-state index contributed by atoms with van der Waals surface area (Å²) in [6, 6.07) is 6.38. The number of hydrogen-bond acceptors (Lipinski definition) is 9. The highest BCUT2D eigenvalue weighted by Gasteiger charge is 2.19. The molecule has 1 N–H and O–H groups in total. The molecule has 1 aromatic rings. The highest BCUT2D eigenvalue weighted by Crippen LogP contribution is 2.26. The number of nitrogens with one attached hydrogen (secondary N) is 1. The number of nitrogens with zero attached hydrogens (tertiary/aromatic N) is 1. The molecule has 2 atom stereocenters. The van der Waals surface area contributed by atoms with Crippen molar-refractivity contribution in [2.75, 3.05) is 39.4 Å². The molecule has 10 heteroatoms. The molecule has 10 nitrogen and oxygen atoms in total. The Balaban J connectivity index is 2.12. The van der Waals surface area contributed by atoms with E-state index >= 15 is 0 Å². The minimum atomic E-state index is -0.413. The SMILES string of the molecule is CCCCCCCCOC(CCC(=O)OCc1cc(CCC(CCCCCC)CCCCCCCC)cc(COC(=O)CCC(CCCCCC)OC(=O)NCCN2CCCC2)c1)OCCCCCCCC. The fourth-order valence-corrected chi connectivity index (χ4v) is 10.00. The van der Waals surface area contributed by atoms with Gasteiger partial charge >= 0.3 is 18.0 Å². The molecule has 1 aromatic carbocycles. The van der Waals surface area contributed by atoms with Crippen LogP contribution in [0.1, 0.15) is 282 Å². The van der Waals surface area contributed by atoms with E-state index in [4.69, 9.17) is 23.7 Å². The maximum atomic E-state index is 13.4. The molecule has 0 bridgehead atoms. The van der Waals surface area contributed by atoms with E-state index in [0.29, 0.717) is 38.5 Å². The van der Waals surface area contributed by atoms with Crippen LogP contribution in [0, 0.1) is 5.92 Å². The zero-order valence-corrected chi connectivity index (χ0v) is 47.5. The van der Waals surface area contributed by atoms with Gasteiger partial charge < -0.3 is 33.9 Å². The van der Waals surface area contributed by atoms with Gasteiger partial charge in [0.1, 0.15) is 19.3 Å². The third-order valence-electron chi connectivity index (χ3n) is 14.6. The summed E-state index contributed by atoms with van der Waals surface area (Å²) in [6.45, 7) is 16.4. The summed E-state index contributed by atoms with van der Waals surface area (Å²) in [5, 5.41) is 2.94. The average molecular weight is 1010 g/mol. The molecule has 72 heavy (non-hydrogen) atoms. The lowest BCUT2D eigenvalue weighted by atomic mass is 9.88. The van der Waals surface area contributed by atoms with Gasteiger partial charge in [0, 0.05) is 39.1 Å². The van der Waals surface area contributed by atoms with Crippen LogP contribution in [0.15, 0.2) is 18.2 Å². The van der Waals surface area contributed by atoms with Gasteiger partial charge in [-0.2, -0.15) is 0 Å². The third kappa shape index (κ3) is 37.1. The molecule has 0 aliphatic carbocycles. The summed E-state index contributed by atoms with van der Waals surface area (Å²) >= 11 is 0. The number of rotatable bonds is 50. The number of aryl methyl sites for hydroxylation is 1. The van der Waals surface area contributed by atoms with Gasteiger partial charge in [-0.1, -0.05) is 207 Å². The lowest BCUT2D eigenvalue weighted by Gasteiger charge is -2.19. The zero-order valence-electron chi connectivity index (χ0n) is 47.5. The van der Waals surface area contributed by atoms with E-state index in [1.54, 1.807) is 0 Å². The molecular weight excluding hydrogens is 901 g/mol. The Morgan fingerprint density at radius 2 is 0.931 bits per heavy atom. The number of hydrogen-bond donors (Lipinski definition) is 1. The number of carbonyl (C=O) groups is 3. The normalized spacial score (nSPS) is 13.7. The minimum absolute atomic E-state index is 0.137. The van der Waals surface area contributed by atoms with E-state index in [-0.39, 0.29) is 44.1 Å². The van der Waals surface area contributed by atoms with Gasteiger partial charge in [0.2, 0.25) is 0 Å². The first-order chi connectivity index (χ1) is 35.3. The topological polar surface area (TPSA) is 113 Å². The van der Waals surface area contributed by atoms with Gasteiger partial charge in [0.15, 0.2) is 6.29 Å². The van der Waals surface area contributed by atoms with Crippen molar-refractivity contribution in [1.29, 1.82) is 0 Å². The Kier molecular flexibility index (Phi) is 42.5. The van der Waals surface area contributed by atoms with E-state index in [1.165, 1.54) is 147 Å². The Morgan fingerprint density at radius 3 is 1.44 bits per heavy atom. The molecule has 0 aromatic heterocycles. The predicted octanol–water partition coefficient (Wildman–Crippen LogP) is 16.8. The van der Waals surface area contributed by atoms with Gasteiger partial charge in [-0.05, 0) is 99.6 Å². The van der Waals surface area contributed by atoms with Crippen LogP contribution in [0.3, 0.4) is 0 Å². The molecule has 2 unspecified atom stereocenters. The summed E-state index contributed by atoms with van der Waals surface area (Å²) in [6.07, 6.45) is 39.6. The largest absolute Gasteiger partial charge is 0.461 e. The molecule has 0 spiro atoms. The van der Waals surface area contributed by atoms with Crippen molar-refractivity contribution in [3.63, 3.8) is 0 Å². The third-order valence-corrected chi connectivity index (χ3v) is 14.6. The van der Waals surface area contributed by atoms with Gasteiger partial charge in [-0.3, -0.25) is 9.59 Å². The smallest absolute Gasteiger partial charge is 0.407 e. The fraction of sp³-hybridized carbons (Fsp3) is 0.855. The molecule has 1 fully saturated rings. The number of alkyl carbamates (subject to hydrolysis) is 1. The van der Waals surface area contributed by atoms with Gasteiger partial charge in [0.25, 0.3) is 0 Å². The average Bonchev–Trinajstić information content (AvgIpc) is 3.91. The van der Waals surface area contributed by atoms with Crippen LogP contribution in [-0.4, -0.2) is 74.7 Å². The Bertz CT molecular complexity index is 1420. The molecule has 1 amide bonds. The van der Waals surface area contributed by atoms with E-state index in [9.17, 15) is 14.4 Å². The monoisotopic (exact) mass is 1010 g/mol. The van der Waals surface area contributed by atoms with Gasteiger partial charge in [0.05, 0.1) is 6.42 Å². The second-order valence-electron chi connectivity index (χ2n) is 21.4. The molecule has 418 valence electrons. The summed E-state index contributed by atoms with van der Waals surface area (Å²) in [4.78, 5) is 41.9. The summed E-state index contributed by atoms with van der Waals surface area (Å²) in [7, 11) is 0.